The van der Waals surface area contributed by atoms with E-state index in [1.807, 2.05) is 60.7 Å². The molecule has 0 spiro atoms. The molecule has 7 rings (SSSR count). The molecule has 2 aromatic heterocycles. The number of nitrogens with one attached hydrogen (secondary N) is 2. The molecule has 5 aromatic rings. The van der Waals surface area contributed by atoms with Gasteiger partial charge in [0.25, 0.3) is 5.91 Å². The van der Waals surface area contributed by atoms with Gasteiger partial charge in [0.15, 0.2) is 34.7 Å². The number of carbonyl (C=O) groups excluding carboxylic acids is 1. The van der Waals surface area contributed by atoms with Crippen LogP contribution in [0.5, 0.6) is 11.5 Å². The number of aromatic nitrogens is 4. The Kier molecular flexibility index (Phi) is 7.52. The zero-order valence-corrected chi connectivity index (χ0v) is 23.5. The number of imidazole rings is 1. The fourth-order valence-corrected chi connectivity index (χ4v) is 5.56. The maximum Gasteiger partial charge on any atom is 0.251 e. The third-order valence-electron chi connectivity index (χ3n) is 7.88. The Morgan fingerprint density at radius 3 is 2.57 bits per heavy atom. The number of benzene rings is 3. The van der Waals surface area contributed by atoms with Gasteiger partial charge >= 0.3 is 0 Å². The van der Waals surface area contributed by atoms with Crippen molar-refractivity contribution in [3.8, 4) is 22.6 Å². The van der Waals surface area contributed by atoms with Crippen LogP contribution < -0.4 is 20.1 Å². The van der Waals surface area contributed by atoms with Crippen molar-refractivity contribution >= 4 is 22.9 Å². The molecule has 4 heterocycles. The molecule has 12 nitrogen and oxygen atoms in total. The van der Waals surface area contributed by atoms with E-state index in [0.29, 0.717) is 35.5 Å². The molecule has 4 N–H and O–H groups in total. The molecule has 0 radical (unpaired) electrons. The Hall–Kier alpha value is -5.04. The minimum absolute atomic E-state index is 0.228. The quantitative estimate of drug-likeness (QED) is 0.200. The van der Waals surface area contributed by atoms with Crippen molar-refractivity contribution < 1.29 is 29.2 Å². The number of amides is 1. The average molecular weight is 595 g/mol. The third kappa shape index (κ3) is 5.30. The summed E-state index contributed by atoms with van der Waals surface area (Å²) in [6.07, 6.45) is 0.698. The SMILES string of the molecule is O=C(N[C@@H]1[C@H](O)[C@@H](CO)O[C@H]1n1cnc2c(NCCc3ccc4c(c3)OCO4)ncnc21)c1ccc(-c2ccccc2)cc1. The van der Waals surface area contributed by atoms with Crippen LogP contribution in [-0.2, 0) is 11.2 Å². The maximum atomic E-state index is 13.3. The Balaban J connectivity index is 1.08. The summed E-state index contributed by atoms with van der Waals surface area (Å²) in [6.45, 7) is 0.376. The number of rotatable bonds is 9. The highest BCUT2D eigenvalue weighted by atomic mass is 16.7. The van der Waals surface area contributed by atoms with Gasteiger partial charge in [-0.25, -0.2) is 15.0 Å². The van der Waals surface area contributed by atoms with Crippen LogP contribution in [0.1, 0.15) is 22.1 Å². The number of ether oxygens (including phenoxy) is 3. The summed E-state index contributed by atoms with van der Waals surface area (Å²) in [5, 5.41) is 27.1. The summed E-state index contributed by atoms with van der Waals surface area (Å²) in [7, 11) is 0. The standard InChI is InChI=1S/C32H30N6O6/c39-15-25-28(40)26(37-31(41)22-9-7-21(8-10-22)20-4-2-1-3-5-20)32(44-25)38-17-36-27-29(34-16-35-30(27)38)33-13-12-19-6-11-23-24(14-19)43-18-42-23/h1-11,14,16-17,25-26,28,32,39-40H,12-13,15,18H2,(H,37,41)(H,33,34,35)/t25-,26-,28-,32-/m1/s1. The molecular formula is C32H30N6O6. The van der Waals surface area contributed by atoms with Gasteiger partial charge in [-0.3, -0.25) is 9.36 Å². The molecule has 12 heteroatoms. The molecule has 44 heavy (non-hydrogen) atoms. The van der Waals surface area contributed by atoms with Crippen LogP contribution in [0.3, 0.4) is 0 Å². The highest BCUT2D eigenvalue weighted by Crippen LogP contribution is 2.34. The summed E-state index contributed by atoms with van der Waals surface area (Å²) in [6, 6.07) is 22.1. The van der Waals surface area contributed by atoms with E-state index in [9.17, 15) is 15.0 Å². The Labute approximate surface area is 252 Å². The van der Waals surface area contributed by atoms with Crippen LogP contribution >= 0.6 is 0 Å². The minimum atomic E-state index is -1.17. The molecule has 1 saturated heterocycles. The fraction of sp³-hybridized carbons (Fsp3) is 0.250. The van der Waals surface area contributed by atoms with E-state index >= 15 is 0 Å². The summed E-state index contributed by atoms with van der Waals surface area (Å²) >= 11 is 0. The van der Waals surface area contributed by atoms with Crippen LogP contribution in [0.25, 0.3) is 22.3 Å². The summed E-state index contributed by atoms with van der Waals surface area (Å²) in [4.78, 5) is 26.6. The van der Waals surface area contributed by atoms with E-state index in [-0.39, 0.29) is 12.7 Å². The lowest BCUT2D eigenvalue weighted by Crippen LogP contribution is -2.46. The number of fused-ring (bicyclic) bond motifs is 2. The van der Waals surface area contributed by atoms with Gasteiger partial charge in [-0.05, 0) is 47.4 Å². The normalized spacial score (nSPS) is 20.6. The van der Waals surface area contributed by atoms with Crippen molar-refractivity contribution in [2.45, 2.75) is 30.9 Å². The Morgan fingerprint density at radius 1 is 0.955 bits per heavy atom. The van der Waals surface area contributed by atoms with Crippen molar-refractivity contribution in [2.75, 3.05) is 25.3 Å². The lowest BCUT2D eigenvalue weighted by atomic mass is 10.0. The lowest BCUT2D eigenvalue weighted by Gasteiger charge is -2.23. The number of hydrogen-bond donors (Lipinski definition) is 4. The van der Waals surface area contributed by atoms with Crippen molar-refractivity contribution in [3.63, 3.8) is 0 Å². The second-order valence-electron chi connectivity index (χ2n) is 10.6. The highest BCUT2D eigenvalue weighted by molar-refractivity contribution is 5.95. The van der Waals surface area contributed by atoms with E-state index < -0.39 is 31.1 Å². The monoisotopic (exact) mass is 594 g/mol. The van der Waals surface area contributed by atoms with Crippen LogP contribution in [-0.4, -0.2) is 73.8 Å². The van der Waals surface area contributed by atoms with Crippen molar-refractivity contribution in [1.29, 1.82) is 0 Å². The molecule has 4 atom stereocenters. The highest BCUT2D eigenvalue weighted by Gasteiger charge is 2.46. The summed E-state index contributed by atoms with van der Waals surface area (Å²) < 4.78 is 18.5. The van der Waals surface area contributed by atoms with E-state index in [2.05, 4.69) is 25.6 Å². The molecule has 1 fully saturated rings. The van der Waals surface area contributed by atoms with Crippen LogP contribution in [0.4, 0.5) is 5.82 Å². The second kappa shape index (κ2) is 11.9. The first-order chi connectivity index (χ1) is 21.6. The Bertz CT molecular complexity index is 1780. The molecule has 224 valence electrons. The number of aliphatic hydroxyl groups is 2. The number of hydrogen-bond acceptors (Lipinski definition) is 10. The first-order valence-electron chi connectivity index (χ1n) is 14.3. The molecule has 0 unspecified atom stereocenters. The third-order valence-corrected chi connectivity index (χ3v) is 7.88. The van der Waals surface area contributed by atoms with Crippen molar-refractivity contribution in [3.05, 3.63) is 96.6 Å². The zero-order valence-electron chi connectivity index (χ0n) is 23.5. The lowest BCUT2D eigenvalue weighted by molar-refractivity contribution is -0.0440. The largest absolute Gasteiger partial charge is 0.454 e. The zero-order chi connectivity index (χ0) is 30.0. The predicted octanol–water partition coefficient (Wildman–Crippen LogP) is 2.93. The molecular weight excluding hydrogens is 564 g/mol. The average Bonchev–Trinajstić information content (AvgIpc) is 3.79. The van der Waals surface area contributed by atoms with Crippen LogP contribution in [0, 0.1) is 0 Å². The van der Waals surface area contributed by atoms with Crippen LogP contribution in [0.15, 0.2) is 85.5 Å². The molecule has 1 amide bonds. The minimum Gasteiger partial charge on any atom is -0.454 e. The summed E-state index contributed by atoms with van der Waals surface area (Å²) in [5.74, 6) is 1.62. The topological polar surface area (TPSA) is 153 Å². The van der Waals surface area contributed by atoms with Gasteiger partial charge in [-0.2, -0.15) is 0 Å². The Morgan fingerprint density at radius 2 is 1.75 bits per heavy atom. The van der Waals surface area contributed by atoms with E-state index in [1.165, 1.54) is 12.7 Å². The van der Waals surface area contributed by atoms with E-state index in [4.69, 9.17) is 14.2 Å². The first kappa shape index (κ1) is 27.8. The number of nitrogens with zero attached hydrogens (tertiary/aromatic N) is 4. The van der Waals surface area contributed by atoms with Gasteiger partial charge in [0.05, 0.1) is 12.9 Å². The van der Waals surface area contributed by atoms with Gasteiger partial charge in [-0.15, -0.1) is 0 Å². The molecule has 0 aliphatic carbocycles. The summed E-state index contributed by atoms with van der Waals surface area (Å²) in [5.41, 5.74) is 4.48. The van der Waals surface area contributed by atoms with Gasteiger partial charge < -0.3 is 35.1 Å². The molecule has 0 saturated carbocycles. The van der Waals surface area contributed by atoms with Gasteiger partial charge in [0, 0.05) is 12.1 Å². The van der Waals surface area contributed by atoms with Crippen molar-refractivity contribution in [2.24, 2.45) is 0 Å². The van der Waals surface area contributed by atoms with E-state index in [1.54, 1.807) is 16.7 Å². The molecule has 2 aliphatic rings. The maximum absolute atomic E-state index is 13.3. The first-order valence-corrected chi connectivity index (χ1v) is 14.3. The van der Waals surface area contributed by atoms with Crippen LogP contribution in [0.2, 0.25) is 0 Å². The molecule has 0 bridgehead atoms. The van der Waals surface area contributed by atoms with Crippen molar-refractivity contribution in [1.82, 2.24) is 24.8 Å². The smallest absolute Gasteiger partial charge is 0.251 e. The number of anilines is 1. The van der Waals surface area contributed by atoms with Gasteiger partial charge in [-0.1, -0.05) is 48.5 Å². The predicted molar refractivity (Wildman–Crippen MR) is 160 cm³/mol. The van der Waals surface area contributed by atoms with E-state index in [0.717, 1.165) is 28.2 Å². The molecule has 2 aliphatic heterocycles. The molecule has 3 aromatic carbocycles. The fourth-order valence-electron chi connectivity index (χ4n) is 5.56. The second-order valence-corrected chi connectivity index (χ2v) is 10.6. The number of aliphatic hydroxyl groups excluding tert-OH is 2. The van der Waals surface area contributed by atoms with Gasteiger partial charge in [0.2, 0.25) is 6.79 Å². The van der Waals surface area contributed by atoms with Gasteiger partial charge in [0.1, 0.15) is 24.6 Å². The number of carbonyl (C=O) groups is 1.